The van der Waals surface area contributed by atoms with E-state index in [0.29, 0.717) is 19.5 Å². The molecule has 6 nitrogen and oxygen atoms in total. The van der Waals surface area contributed by atoms with Crippen molar-refractivity contribution in [2.24, 2.45) is 0 Å². The summed E-state index contributed by atoms with van der Waals surface area (Å²) in [5, 5.41) is 7.11. The molecule has 0 saturated heterocycles. The molecule has 7 heteroatoms. The Kier molecular flexibility index (Phi) is 4.22. The molecular formula is C8H16N4O2S. The van der Waals surface area contributed by atoms with Crippen LogP contribution in [0.15, 0.2) is 6.33 Å². The monoisotopic (exact) mass is 232 g/mol. The van der Waals surface area contributed by atoms with Gasteiger partial charge in [0.25, 0.3) is 0 Å². The van der Waals surface area contributed by atoms with Gasteiger partial charge in [0.15, 0.2) is 5.82 Å². The molecule has 0 aliphatic carbocycles. The van der Waals surface area contributed by atoms with Gasteiger partial charge in [0.2, 0.25) is 0 Å². The summed E-state index contributed by atoms with van der Waals surface area (Å²) in [6.07, 6.45) is 3.43. The summed E-state index contributed by atoms with van der Waals surface area (Å²) >= 11 is 0. The Morgan fingerprint density at radius 3 is 2.87 bits per heavy atom. The first-order valence-electron chi connectivity index (χ1n) is 4.72. The van der Waals surface area contributed by atoms with Crippen molar-refractivity contribution < 1.29 is 8.42 Å². The summed E-state index contributed by atoms with van der Waals surface area (Å²) in [7, 11) is -1.05. The summed E-state index contributed by atoms with van der Waals surface area (Å²) < 4.78 is 23.4. The molecule has 0 spiro atoms. The third kappa shape index (κ3) is 4.89. The van der Waals surface area contributed by atoms with E-state index in [1.807, 2.05) is 7.05 Å². The fourth-order valence-corrected chi connectivity index (χ4v) is 1.82. The molecule has 1 aromatic heterocycles. The molecule has 0 amide bonds. The Balaban J connectivity index is 2.38. The average molecular weight is 232 g/mol. The van der Waals surface area contributed by atoms with Crippen molar-refractivity contribution in [1.82, 2.24) is 20.1 Å². The Morgan fingerprint density at radius 1 is 1.53 bits per heavy atom. The molecule has 1 aromatic rings. The number of aromatic nitrogens is 3. The summed E-state index contributed by atoms with van der Waals surface area (Å²) in [5.74, 6) is 0.908. The van der Waals surface area contributed by atoms with Crippen LogP contribution in [0.5, 0.6) is 0 Å². The van der Waals surface area contributed by atoms with Gasteiger partial charge in [0.05, 0.1) is 12.3 Å². The highest BCUT2D eigenvalue weighted by molar-refractivity contribution is 7.90. The second-order valence-corrected chi connectivity index (χ2v) is 5.70. The second-order valence-electron chi connectivity index (χ2n) is 3.44. The fourth-order valence-electron chi connectivity index (χ4n) is 1.17. The maximum Gasteiger partial charge on any atom is 0.164 e. The van der Waals surface area contributed by atoms with Crippen molar-refractivity contribution in [2.45, 2.75) is 19.5 Å². The van der Waals surface area contributed by atoms with Crippen LogP contribution in [-0.2, 0) is 22.9 Å². The van der Waals surface area contributed by atoms with E-state index in [2.05, 4.69) is 15.4 Å². The van der Waals surface area contributed by atoms with Crippen molar-refractivity contribution in [3.63, 3.8) is 0 Å². The first-order chi connectivity index (χ1) is 7.01. The highest BCUT2D eigenvalue weighted by Gasteiger charge is 2.03. The average Bonchev–Trinajstić information content (AvgIpc) is 2.51. The number of hydrogen-bond acceptors (Lipinski definition) is 5. The Labute approximate surface area is 89.6 Å². The third-order valence-electron chi connectivity index (χ3n) is 1.82. The van der Waals surface area contributed by atoms with Crippen LogP contribution in [0.2, 0.25) is 0 Å². The van der Waals surface area contributed by atoms with E-state index in [1.54, 1.807) is 11.0 Å². The lowest BCUT2D eigenvalue weighted by Gasteiger charge is -1.99. The SMILES string of the molecule is CNCc1ncn(CCCS(C)(=O)=O)n1. The molecule has 1 N–H and O–H groups in total. The van der Waals surface area contributed by atoms with E-state index in [9.17, 15) is 8.42 Å². The van der Waals surface area contributed by atoms with Gasteiger partial charge >= 0.3 is 0 Å². The van der Waals surface area contributed by atoms with Crippen molar-refractivity contribution in [1.29, 1.82) is 0 Å². The number of nitrogens with zero attached hydrogens (tertiary/aromatic N) is 3. The first kappa shape index (κ1) is 12.1. The van der Waals surface area contributed by atoms with Gasteiger partial charge in [-0.2, -0.15) is 5.10 Å². The predicted octanol–water partition coefficient (Wildman–Crippen LogP) is -0.568. The molecule has 1 rings (SSSR count). The van der Waals surface area contributed by atoms with Crippen LogP contribution in [-0.4, -0.2) is 42.2 Å². The van der Waals surface area contributed by atoms with Gasteiger partial charge in [0.1, 0.15) is 16.2 Å². The van der Waals surface area contributed by atoms with Gasteiger partial charge < -0.3 is 5.32 Å². The van der Waals surface area contributed by atoms with E-state index < -0.39 is 9.84 Å². The molecule has 0 aliphatic rings. The Hall–Kier alpha value is -0.950. The van der Waals surface area contributed by atoms with Crippen LogP contribution in [0.1, 0.15) is 12.2 Å². The van der Waals surface area contributed by atoms with Gasteiger partial charge in [-0.3, -0.25) is 4.68 Å². The maximum atomic E-state index is 10.9. The largest absolute Gasteiger partial charge is 0.313 e. The van der Waals surface area contributed by atoms with Crippen LogP contribution in [0.4, 0.5) is 0 Å². The topological polar surface area (TPSA) is 76.9 Å². The van der Waals surface area contributed by atoms with Crippen molar-refractivity contribution in [3.05, 3.63) is 12.2 Å². The minimum Gasteiger partial charge on any atom is -0.313 e. The molecule has 0 saturated carbocycles. The lowest BCUT2D eigenvalue weighted by atomic mass is 10.5. The lowest BCUT2D eigenvalue weighted by molar-refractivity contribution is 0.571. The predicted molar refractivity (Wildman–Crippen MR) is 57.1 cm³/mol. The van der Waals surface area contributed by atoms with E-state index in [0.717, 1.165) is 5.82 Å². The summed E-state index contributed by atoms with van der Waals surface area (Å²) in [6.45, 7) is 1.21. The molecule has 0 bridgehead atoms. The molecule has 0 aromatic carbocycles. The molecular weight excluding hydrogens is 216 g/mol. The fraction of sp³-hybridized carbons (Fsp3) is 0.750. The maximum absolute atomic E-state index is 10.9. The Morgan fingerprint density at radius 2 is 2.27 bits per heavy atom. The molecule has 0 aliphatic heterocycles. The molecule has 0 atom stereocenters. The zero-order valence-corrected chi connectivity index (χ0v) is 9.79. The lowest BCUT2D eigenvalue weighted by Crippen LogP contribution is -2.09. The molecule has 86 valence electrons. The summed E-state index contributed by atoms with van der Waals surface area (Å²) in [5.41, 5.74) is 0. The van der Waals surface area contributed by atoms with Crippen LogP contribution in [0, 0.1) is 0 Å². The summed E-state index contributed by atoms with van der Waals surface area (Å²) in [4.78, 5) is 4.06. The zero-order chi connectivity index (χ0) is 11.3. The summed E-state index contributed by atoms with van der Waals surface area (Å²) in [6, 6.07) is 0. The molecule has 0 unspecified atom stereocenters. The van der Waals surface area contributed by atoms with Crippen LogP contribution >= 0.6 is 0 Å². The molecule has 0 fully saturated rings. The van der Waals surface area contributed by atoms with Gasteiger partial charge in [-0.25, -0.2) is 13.4 Å². The van der Waals surface area contributed by atoms with Crippen molar-refractivity contribution in [3.8, 4) is 0 Å². The standard InChI is InChI=1S/C8H16N4O2S/c1-9-6-8-10-7-12(11-8)4-3-5-15(2,13)14/h7,9H,3-6H2,1-2H3. The minimum atomic E-state index is -2.87. The number of nitrogens with one attached hydrogen (secondary N) is 1. The smallest absolute Gasteiger partial charge is 0.164 e. The minimum absolute atomic E-state index is 0.189. The van der Waals surface area contributed by atoms with Gasteiger partial charge in [-0.05, 0) is 13.5 Å². The number of aryl methyl sites for hydroxylation is 1. The zero-order valence-electron chi connectivity index (χ0n) is 8.97. The van der Waals surface area contributed by atoms with Gasteiger partial charge in [-0.15, -0.1) is 0 Å². The quantitative estimate of drug-likeness (QED) is 0.711. The van der Waals surface area contributed by atoms with Crippen molar-refractivity contribution >= 4 is 9.84 Å². The van der Waals surface area contributed by atoms with Crippen LogP contribution < -0.4 is 5.32 Å². The van der Waals surface area contributed by atoms with Crippen molar-refractivity contribution in [2.75, 3.05) is 19.1 Å². The Bertz CT molecular complexity index is 399. The molecule has 1 heterocycles. The number of hydrogen-bond donors (Lipinski definition) is 1. The van der Waals surface area contributed by atoms with Gasteiger partial charge in [0, 0.05) is 12.8 Å². The highest BCUT2D eigenvalue weighted by Crippen LogP contribution is 1.94. The van der Waals surface area contributed by atoms with Crippen LogP contribution in [0.3, 0.4) is 0 Å². The van der Waals surface area contributed by atoms with E-state index in [-0.39, 0.29) is 5.75 Å². The first-order valence-corrected chi connectivity index (χ1v) is 6.78. The third-order valence-corrected chi connectivity index (χ3v) is 2.85. The molecule has 15 heavy (non-hydrogen) atoms. The highest BCUT2D eigenvalue weighted by atomic mass is 32.2. The van der Waals surface area contributed by atoms with Crippen LogP contribution in [0.25, 0.3) is 0 Å². The normalized spacial score (nSPS) is 11.9. The van der Waals surface area contributed by atoms with Gasteiger partial charge in [-0.1, -0.05) is 0 Å². The van der Waals surface area contributed by atoms with E-state index in [4.69, 9.17) is 0 Å². The van der Waals surface area contributed by atoms with E-state index >= 15 is 0 Å². The number of sulfone groups is 1. The second kappa shape index (κ2) is 5.22. The molecule has 0 radical (unpaired) electrons. The number of rotatable bonds is 6. The van der Waals surface area contributed by atoms with E-state index in [1.165, 1.54) is 6.26 Å².